The number of carbonyl (C=O) groups is 1. The van der Waals surface area contributed by atoms with Crippen LogP contribution in [0.4, 0.5) is 0 Å². The summed E-state index contributed by atoms with van der Waals surface area (Å²) in [6, 6.07) is 6.62. The molecule has 2 fully saturated rings. The Morgan fingerprint density at radius 3 is 2.48 bits per heavy atom. The molecule has 162 valence electrons. The zero-order chi connectivity index (χ0) is 21.8. The van der Waals surface area contributed by atoms with Crippen LogP contribution in [-0.4, -0.2) is 64.7 Å². The van der Waals surface area contributed by atoms with Crippen molar-refractivity contribution in [2.75, 3.05) is 13.1 Å². The number of H-pyrrole nitrogens is 1. The van der Waals surface area contributed by atoms with Gasteiger partial charge in [0.2, 0.25) is 0 Å². The van der Waals surface area contributed by atoms with Crippen LogP contribution in [0.25, 0.3) is 22.4 Å². The van der Waals surface area contributed by atoms with Crippen LogP contribution in [0.3, 0.4) is 0 Å². The van der Waals surface area contributed by atoms with Crippen molar-refractivity contribution < 1.29 is 17.9 Å². The lowest BCUT2D eigenvalue weighted by molar-refractivity contribution is -0.0303. The number of ether oxygens (including phenoxy) is 1. The number of morpholine rings is 1. The number of nitrogens with one attached hydrogen (secondary N) is 1. The van der Waals surface area contributed by atoms with Gasteiger partial charge in [0.25, 0.3) is 5.91 Å². The summed E-state index contributed by atoms with van der Waals surface area (Å²) in [6.07, 6.45) is 5.51. The number of carbonyl (C=O) groups excluding carboxylic acids is 1. The van der Waals surface area contributed by atoms with E-state index in [4.69, 9.17) is 4.74 Å². The minimum atomic E-state index is -3.34. The number of fused-ring (bicyclic) bond motifs is 3. The number of benzene rings is 1. The van der Waals surface area contributed by atoms with Crippen LogP contribution in [0.2, 0.25) is 0 Å². The lowest BCUT2D eigenvalue weighted by Crippen LogP contribution is -2.45. The van der Waals surface area contributed by atoms with E-state index in [-0.39, 0.29) is 23.0 Å². The Labute approximate surface area is 180 Å². The van der Waals surface area contributed by atoms with Crippen molar-refractivity contribution in [2.45, 2.75) is 49.0 Å². The predicted molar refractivity (Wildman–Crippen MR) is 115 cm³/mol. The van der Waals surface area contributed by atoms with Gasteiger partial charge >= 0.3 is 0 Å². The molecule has 0 saturated carbocycles. The Bertz CT molecular complexity index is 1240. The summed E-state index contributed by atoms with van der Waals surface area (Å²) >= 11 is 0. The van der Waals surface area contributed by atoms with Gasteiger partial charge in [-0.2, -0.15) is 0 Å². The highest BCUT2D eigenvalue weighted by molar-refractivity contribution is 7.92. The maximum Gasteiger partial charge on any atom is 0.257 e. The lowest BCUT2D eigenvalue weighted by Gasteiger charge is -2.31. The molecule has 0 spiro atoms. The highest BCUT2D eigenvalue weighted by Gasteiger charge is 2.36. The number of likely N-dealkylation sites (tertiary alicyclic amines) is 1. The first-order chi connectivity index (χ1) is 14.8. The van der Waals surface area contributed by atoms with Gasteiger partial charge in [0.15, 0.2) is 15.5 Å². The molecule has 2 bridgehead atoms. The first-order valence-electron chi connectivity index (χ1n) is 10.5. The number of hydrogen-bond acceptors (Lipinski definition) is 6. The molecule has 2 atom stereocenters. The Kier molecular flexibility index (Phi) is 4.82. The van der Waals surface area contributed by atoms with Gasteiger partial charge in [0.1, 0.15) is 5.52 Å². The topological polar surface area (TPSA) is 105 Å². The highest BCUT2D eigenvalue weighted by Crippen LogP contribution is 2.29. The maximum absolute atomic E-state index is 13.2. The largest absolute Gasteiger partial charge is 0.371 e. The maximum atomic E-state index is 13.2. The molecular weight excluding hydrogens is 416 g/mol. The van der Waals surface area contributed by atoms with Gasteiger partial charge in [-0.25, -0.2) is 18.4 Å². The van der Waals surface area contributed by atoms with E-state index in [0.29, 0.717) is 35.5 Å². The second-order valence-electron chi connectivity index (χ2n) is 8.44. The third kappa shape index (κ3) is 3.51. The third-order valence-electron chi connectivity index (χ3n) is 6.04. The molecule has 2 saturated heterocycles. The van der Waals surface area contributed by atoms with Gasteiger partial charge in [0.05, 0.1) is 39.8 Å². The van der Waals surface area contributed by atoms with E-state index in [1.165, 1.54) is 0 Å². The molecule has 1 aromatic carbocycles. The Hall–Kier alpha value is -2.78. The smallest absolute Gasteiger partial charge is 0.257 e. The fraction of sp³-hybridized carbons (Fsp3) is 0.409. The van der Waals surface area contributed by atoms with E-state index in [1.54, 1.807) is 50.5 Å². The summed E-state index contributed by atoms with van der Waals surface area (Å²) < 4.78 is 30.5. The summed E-state index contributed by atoms with van der Waals surface area (Å²) in [4.78, 5) is 27.4. The van der Waals surface area contributed by atoms with Crippen molar-refractivity contribution in [2.24, 2.45) is 0 Å². The molecule has 0 aliphatic carbocycles. The fourth-order valence-corrected chi connectivity index (χ4v) is 5.29. The van der Waals surface area contributed by atoms with E-state index in [0.717, 1.165) is 18.4 Å². The Morgan fingerprint density at radius 1 is 1.16 bits per heavy atom. The number of sulfone groups is 1. The van der Waals surface area contributed by atoms with Gasteiger partial charge < -0.3 is 14.6 Å². The van der Waals surface area contributed by atoms with E-state index in [2.05, 4.69) is 15.0 Å². The van der Waals surface area contributed by atoms with Crippen LogP contribution >= 0.6 is 0 Å². The fourth-order valence-electron chi connectivity index (χ4n) is 4.23. The number of aromatic nitrogens is 3. The number of rotatable bonds is 4. The summed E-state index contributed by atoms with van der Waals surface area (Å²) in [7, 11) is -3.34. The lowest BCUT2D eigenvalue weighted by atomic mass is 10.1. The van der Waals surface area contributed by atoms with E-state index < -0.39 is 15.1 Å². The van der Waals surface area contributed by atoms with Crippen molar-refractivity contribution in [3.8, 4) is 11.3 Å². The molecule has 2 aromatic heterocycles. The molecule has 2 aliphatic rings. The van der Waals surface area contributed by atoms with Gasteiger partial charge in [0, 0.05) is 24.8 Å². The van der Waals surface area contributed by atoms with Gasteiger partial charge in [-0.1, -0.05) is 12.1 Å². The SMILES string of the molecule is CC(C)S(=O)(=O)c1ccc(-c2cnc3[nH]cc(C(=O)N4CC5CCC(C4)O5)c3n2)cc1. The molecule has 4 heterocycles. The normalized spacial score (nSPS) is 21.2. The van der Waals surface area contributed by atoms with Gasteiger partial charge in [-0.15, -0.1) is 0 Å². The molecule has 3 aromatic rings. The van der Waals surface area contributed by atoms with Crippen LogP contribution in [0.1, 0.15) is 37.0 Å². The van der Waals surface area contributed by atoms with E-state index >= 15 is 0 Å². The van der Waals surface area contributed by atoms with Crippen LogP contribution in [0.5, 0.6) is 0 Å². The van der Waals surface area contributed by atoms with Crippen molar-refractivity contribution in [3.05, 3.63) is 42.2 Å². The quantitative estimate of drug-likeness (QED) is 0.669. The summed E-state index contributed by atoms with van der Waals surface area (Å²) in [5, 5.41) is -0.488. The molecule has 9 heteroatoms. The second kappa shape index (κ2) is 7.42. The van der Waals surface area contributed by atoms with Crippen molar-refractivity contribution in [3.63, 3.8) is 0 Å². The standard InChI is InChI=1S/C22H24N4O4S/c1-13(2)31(28,29)17-7-3-14(4-8-17)19-10-24-21-20(25-19)18(9-23-21)22(27)26-11-15-5-6-16(12-26)30-15/h3-4,7-10,13,15-16H,5-6,11-12H2,1-2H3,(H,23,24). The van der Waals surface area contributed by atoms with Crippen LogP contribution < -0.4 is 0 Å². The van der Waals surface area contributed by atoms with Gasteiger partial charge in [-0.3, -0.25) is 4.79 Å². The van der Waals surface area contributed by atoms with Crippen molar-refractivity contribution >= 4 is 26.9 Å². The molecule has 5 rings (SSSR count). The second-order valence-corrected chi connectivity index (χ2v) is 10.9. The van der Waals surface area contributed by atoms with Crippen LogP contribution in [0, 0.1) is 0 Å². The molecule has 1 N–H and O–H groups in total. The molecule has 0 radical (unpaired) electrons. The number of hydrogen-bond donors (Lipinski definition) is 1. The number of aromatic amines is 1. The summed E-state index contributed by atoms with van der Waals surface area (Å²) in [5.74, 6) is -0.0729. The average Bonchev–Trinajstić information content (AvgIpc) is 3.34. The minimum absolute atomic E-state index is 0.0729. The monoisotopic (exact) mass is 440 g/mol. The zero-order valence-corrected chi connectivity index (χ0v) is 18.2. The van der Waals surface area contributed by atoms with Crippen molar-refractivity contribution in [1.29, 1.82) is 0 Å². The first-order valence-corrected chi connectivity index (χ1v) is 12.0. The Morgan fingerprint density at radius 2 is 1.84 bits per heavy atom. The Balaban J connectivity index is 1.46. The van der Waals surface area contributed by atoms with E-state index in [9.17, 15) is 13.2 Å². The summed E-state index contributed by atoms with van der Waals surface area (Å²) in [6.45, 7) is 4.52. The molecule has 2 aliphatic heterocycles. The van der Waals surface area contributed by atoms with Crippen molar-refractivity contribution in [1.82, 2.24) is 19.9 Å². The molecule has 8 nitrogen and oxygen atoms in total. The third-order valence-corrected chi connectivity index (χ3v) is 8.21. The zero-order valence-electron chi connectivity index (χ0n) is 17.4. The van der Waals surface area contributed by atoms with Crippen LogP contribution in [0.15, 0.2) is 41.6 Å². The minimum Gasteiger partial charge on any atom is -0.371 e. The van der Waals surface area contributed by atoms with E-state index in [1.807, 2.05) is 4.90 Å². The predicted octanol–water partition coefficient (Wildman–Crippen LogP) is 2.81. The molecular formula is C22H24N4O4S. The molecule has 2 unspecified atom stereocenters. The molecule has 31 heavy (non-hydrogen) atoms. The first kappa shape index (κ1) is 20.1. The average molecular weight is 441 g/mol. The summed E-state index contributed by atoms with van der Waals surface area (Å²) in [5.41, 5.74) is 2.87. The number of nitrogens with zero attached hydrogens (tertiary/aromatic N) is 3. The highest BCUT2D eigenvalue weighted by atomic mass is 32.2. The number of amides is 1. The van der Waals surface area contributed by atoms with Crippen LogP contribution in [-0.2, 0) is 14.6 Å². The van der Waals surface area contributed by atoms with Gasteiger partial charge in [-0.05, 0) is 38.8 Å². The molecule has 1 amide bonds.